The Morgan fingerprint density at radius 2 is 2.12 bits per heavy atom. The minimum atomic E-state index is -0.103. The molecular weight excluding hydrogens is 352 g/mol. The molecule has 3 rings (SSSR count). The number of aryl methyl sites for hydroxylation is 2. The van der Waals surface area contributed by atoms with Gasteiger partial charge in [-0.2, -0.15) is 0 Å². The molecular formula is C19H20N2O2S2. The van der Waals surface area contributed by atoms with E-state index in [0.717, 1.165) is 28.4 Å². The molecule has 0 aliphatic heterocycles. The number of carbonyl (C=O) groups excluding carboxylic acids is 1. The second-order valence-electron chi connectivity index (χ2n) is 5.72. The lowest BCUT2D eigenvalue weighted by molar-refractivity contribution is -0.123. The number of rotatable bonds is 7. The second kappa shape index (κ2) is 8.27. The number of nitrogens with zero attached hydrogens (tertiary/aromatic N) is 1. The van der Waals surface area contributed by atoms with Gasteiger partial charge in [0.25, 0.3) is 5.91 Å². The van der Waals surface area contributed by atoms with Gasteiger partial charge in [-0.25, -0.2) is 4.98 Å². The standard InChI is InChI=1S/C19H20N2O2S2/c1-13-4-3-5-15(10-13)23-11-19(22)20-9-8-16-6-7-18(25-16)17-12-24-14(2)21-17/h3-7,10,12H,8-9,11H2,1-2H3,(H,20,22). The second-order valence-corrected chi connectivity index (χ2v) is 7.95. The minimum absolute atomic E-state index is 0.0389. The Labute approximate surface area is 155 Å². The van der Waals surface area contributed by atoms with Crippen LogP contribution in [0.1, 0.15) is 15.4 Å². The smallest absolute Gasteiger partial charge is 0.257 e. The Kier molecular flexibility index (Phi) is 5.83. The summed E-state index contributed by atoms with van der Waals surface area (Å²) in [5, 5.41) is 6.05. The molecule has 2 heterocycles. The predicted molar refractivity (Wildman–Crippen MR) is 104 cm³/mol. The van der Waals surface area contributed by atoms with E-state index < -0.39 is 0 Å². The van der Waals surface area contributed by atoms with Gasteiger partial charge in [-0.15, -0.1) is 22.7 Å². The van der Waals surface area contributed by atoms with E-state index in [1.165, 1.54) is 9.75 Å². The van der Waals surface area contributed by atoms with Crippen LogP contribution < -0.4 is 10.1 Å². The van der Waals surface area contributed by atoms with Crippen LogP contribution in [0.15, 0.2) is 41.8 Å². The first kappa shape index (κ1) is 17.6. The third-order valence-electron chi connectivity index (χ3n) is 3.59. The number of aromatic nitrogens is 1. The maximum atomic E-state index is 11.9. The lowest BCUT2D eigenvalue weighted by Crippen LogP contribution is -2.30. The molecule has 0 unspecified atom stereocenters. The van der Waals surface area contributed by atoms with Gasteiger partial charge in [-0.1, -0.05) is 12.1 Å². The zero-order valence-electron chi connectivity index (χ0n) is 14.2. The van der Waals surface area contributed by atoms with Crippen LogP contribution in [-0.4, -0.2) is 24.0 Å². The highest BCUT2D eigenvalue weighted by Gasteiger charge is 2.07. The van der Waals surface area contributed by atoms with Gasteiger partial charge in [0.1, 0.15) is 5.75 Å². The first-order valence-corrected chi connectivity index (χ1v) is 9.77. The Bertz CT molecular complexity index is 854. The summed E-state index contributed by atoms with van der Waals surface area (Å²) in [6.45, 7) is 4.65. The summed E-state index contributed by atoms with van der Waals surface area (Å²) in [6.07, 6.45) is 0.809. The van der Waals surface area contributed by atoms with E-state index in [1.54, 1.807) is 22.7 Å². The molecule has 6 heteroatoms. The lowest BCUT2D eigenvalue weighted by Gasteiger charge is -2.07. The van der Waals surface area contributed by atoms with Gasteiger partial charge >= 0.3 is 0 Å². The van der Waals surface area contributed by atoms with E-state index in [1.807, 2.05) is 38.1 Å². The zero-order chi connectivity index (χ0) is 17.6. The third-order valence-corrected chi connectivity index (χ3v) is 5.53. The van der Waals surface area contributed by atoms with E-state index in [2.05, 4.69) is 27.8 Å². The number of hydrogen-bond donors (Lipinski definition) is 1. The molecule has 0 fully saturated rings. The van der Waals surface area contributed by atoms with Crippen LogP contribution in [0.3, 0.4) is 0 Å². The molecule has 0 saturated carbocycles. The molecule has 1 aromatic carbocycles. The van der Waals surface area contributed by atoms with Crippen molar-refractivity contribution in [2.45, 2.75) is 20.3 Å². The van der Waals surface area contributed by atoms with Crippen LogP contribution in [0, 0.1) is 13.8 Å². The lowest BCUT2D eigenvalue weighted by atomic mass is 10.2. The fourth-order valence-electron chi connectivity index (χ4n) is 2.36. The van der Waals surface area contributed by atoms with Gasteiger partial charge in [-0.05, 0) is 50.1 Å². The summed E-state index contributed by atoms with van der Waals surface area (Å²) in [7, 11) is 0. The maximum absolute atomic E-state index is 11.9. The third kappa shape index (κ3) is 5.14. The van der Waals surface area contributed by atoms with E-state index in [0.29, 0.717) is 6.54 Å². The number of nitrogens with one attached hydrogen (secondary N) is 1. The van der Waals surface area contributed by atoms with E-state index in [4.69, 9.17) is 4.74 Å². The van der Waals surface area contributed by atoms with E-state index in [-0.39, 0.29) is 12.5 Å². The van der Waals surface area contributed by atoms with Crippen molar-refractivity contribution >= 4 is 28.6 Å². The highest BCUT2D eigenvalue weighted by atomic mass is 32.1. The Morgan fingerprint density at radius 1 is 1.24 bits per heavy atom. The molecule has 0 atom stereocenters. The summed E-state index contributed by atoms with van der Waals surface area (Å²) >= 11 is 3.38. The first-order chi connectivity index (χ1) is 12.1. The van der Waals surface area contributed by atoms with Crippen molar-refractivity contribution in [2.24, 2.45) is 0 Å². The number of amides is 1. The Hall–Kier alpha value is -2.18. The number of hydrogen-bond acceptors (Lipinski definition) is 5. The van der Waals surface area contributed by atoms with Crippen LogP contribution in [-0.2, 0) is 11.2 Å². The molecule has 4 nitrogen and oxygen atoms in total. The summed E-state index contributed by atoms with van der Waals surface area (Å²) < 4.78 is 5.50. The van der Waals surface area contributed by atoms with Gasteiger partial charge in [-0.3, -0.25) is 4.79 Å². The fraction of sp³-hybridized carbons (Fsp3) is 0.263. The highest BCUT2D eigenvalue weighted by Crippen LogP contribution is 2.29. The Morgan fingerprint density at radius 3 is 2.88 bits per heavy atom. The van der Waals surface area contributed by atoms with Crippen LogP contribution in [0.5, 0.6) is 5.75 Å². The molecule has 0 saturated heterocycles. The molecule has 1 N–H and O–H groups in total. The predicted octanol–water partition coefficient (Wildman–Crippen LogP) is 4.23. The highest BCUT2D eigenvalue weighted by molar-refractivity contribution is 7.16. The molecule has 3 aromatic rings. The van der Waals surface area contributed by atoms with E-state index >= 15 is 0 Å². The summed E-state index contributed by atoms with van der Waals surface area (Å²) in [5.74, 6) is 0.616. The minimum Gasteiger partial charge on any atom is -0.484 e. The normalized spacial score (nSPS) is 10.6. The molecule has 0 aliphatic rings. The van der Waals surface area contributed by atoms with Gasteiger partial charge in [0.15, 0.2) is 6.61 Å². The van der Waals surface area contributed by atoms with Gasteiger partial charge < -0.3 is 10.1 Å². The van der Waals surface area contributed by atoms with Crippen molar-refractivity contribution in [3.8, 4) is 16.3 Å². The number of benzene rings is 1. The quantitative estimate of drug-likeness (QED) is 0.675. The Balaban J connectivity index is 1.42. The topological polar surface area (TPSA) is 51.2 Å². The molecule has 130 valence electrons. The van der Waals surface area contributed by atoms with Crippen molar-refractivity contribution < 1.29 is 9.53 Å². The van der Waals surface area contributed by atoms with Crippen LogP contribution >= 0.6 is 22.7 Å². The van der Waals surface area contributed by atoms with Crippen LogP contribution in [0.25, 0.3) is 10.6 Å². The number of ether oxygens (including phenoxy) is 1. The molecule has 0 spiro atoms. The van der Waals surface area contributed by atoms with Gasteiger partial charge in [0, 0.05) is 16.8 Å². The largest absolute Gasteiger partial charge is 0.484 e. The van der Waals surface area contributed by atoms with Crippen molar-refractivity contribution in [3.63, 3.8) is 0 Å². The van der Waals surface area contributed by atoms with Crippen molar-refractivity contribution in [1.82, 2.24) is 10.3 Å². The molecule has 0 bridgehead atoms. The maximum Gasteiger partial charge on any atom is 0.257 e. The average Bonchev–Trinajstić information content (AvgIpc) is 3.22. The van der Waals surface area contributed by atoms with Gasteiger partial charge in [0.05, 0.1) is 15.6 Å². The SMILES string of the molecule is Cc1cccc(OCC(=O)NCCc2ccc(-c3csc(C)n3)s2)c1. The van der Waals surface area contributed by atoms with Crippen LogP contribution in [0.2, 0.25) is 0 Å². The fourth-order valence-corrected chi connectivity index (χ4v) is 4.01. The zero-order valence-corrected chi connectivity index (χ0v) is 15.9. The summed E-state index contributed by atoms with van der Waals surface area (Å²) in [4.78, 5) is 18.8. The van der Waals surface area contributed by atoms with Crippen LogP contribution in [0.4, 0.5) is 0 Å². The monoisotopic (exact) mass is 372 g/mol. The first-order valence-electron chi connectivity index (χ1n) is 8.07. The molecule has 25 heavy (non-hydrogen) atoms. The van der Waals surface area contributed by atoms with Gasteiger partial charge in [0.2, 0.25) is 0 Å². The molecule has 2 aromatic heterocycles. The number of thiazole rings is 1. The number of carbonyl (C=O) groups is 1. The molecule has 0 aliphatic carbocycles. The summed E-state index contributed by atoms with van der Waals surface area (Å²) in [6, 6.07) is 11.9. The van der Waals surface area contributed by atoms with Crippen molar-refractivity contribution in [1.29, 1.82) is 0 Å². The van der Waals surface area contributed by atoms with E-state index in [9.17, 15) is 4.79 Å². The molecule has 0 radical (unpaired) electrons. The summed E-state index contributed by atoms with van der Waals surface area (Å²) in [5.41, 5.74) is 2.15. The average molecular weight is 373 g/mol. The van der Waals surface area contributed by atoms with Crippen molar-refractivity contribution in [3.05, 3.63) is 57.2 Å². The number of thiophene rings is 1. The van der Waals surface area contributed by atoms with Crippen molar-refractivity contribution in [2.75, 3.05) is 13.2 Å². The molecule has 1 amide bonds.